The van der Waals surface area contributed by atoms with Gasteiger partial charge in [-0.25, -0.2) is 13.1 Å². The van der Waals surface area contributed by atoms with Gasteiger partial charge in [-0.2, -0.15) is 0 Å². The summed E-state index contributed by atoms with van der Waals surface area (Å²) < 4.78 is 32.2. The van der Waals surface area contributed by atoms with Gasteiger partial charge in [-0.05, 0) is 25.0 Å². The zero-order valence-corrected chi connectivity index (χ0v) is 14.2. The van der Waals surface area contributed by atoms with E-state index in [-0.39, 0.29) is 21.5 Å². The molecule has 1 rings (SSSR count). The molecule has 0 aromatic heterocycles. The van der Waals surface area contributed by atoms with E-state index in [4.69, 9.17) is 34.3 Å². The van der Waals surface area contributed by atoms with Gasteiger partial charge in [0.2, 0.25) is 10.0 Å². The van der Waals surface area contributed by atoms with Crippen molar-refractivity contribution < 1.29 is 13.2 Å². The van der Waals surface area contributed by atoms with Crippen molar-refractivity contribution in [1.29, 1.82) is 0 Å². The molecular formula is C13H19ClN2O3S2. The van der Waals surface area contributed by atoms with Crippen LogP contribution in [0.1, 0.15) is 25.3 Å². The molecule has 5 nitrogen and oxygen atoms in total. The van der Waals surface area contributed by atoms with E-state index < -0.39 is 10.0 Å². The van der Waals surface area contributed by atoms with Gasteiger partial charge in [0.1, 0.15) is 9.88 Å². The smallest absolute Gasteiger partial charge is 0.242 e. The maximum atomic E-state index is 12.2. The van der Waals surface area contributed by atoms with Gasteiger partial charge in [0.15, 0.2) is 0 Å². The molecule has 0 spiro atoms. The van der Waals surface area contributed by atoms with E-state index in [9.17, 15) is 8.42 Å². The minimum Gasteiger partial charge on any atom is -0.389 e. The highest BCUT2D eigenvalue weighted by Crippen LogP contribution is 2.22. The average molecular weight is 351 g/mol. The van der Waals surface area contributed by atoms with Gasteiger partial charge in [-0.1, -0.05) is 36.8 Å². The zero-order valence-electron chi connectivity index (χ0n) is 11.8. The van der Waals surface area contributed by atoms with Crippen molar-refractivity contribution in [1.82, 2.24) is 4.72 Å². The zero-order chi connectivity index (χ0) is 15.9. The molecule has 0 unspecified atom stereocenters. The Morgan fingerprint density at radius 3 is 2.76 bits per heavy atom. The van der Waals surface area contributed by atoms with E-state index >= 15 is 0 Å². The van der Waals surface area contributed by atoms with Crippen molar-refractivity contribution in [2.24, 2.45) is 5.73 Å². The standard InChI is InChI=1S/C13H19ClN2O3S2/c1-2-7-19-8-3-6-16-21(17,18)12-9-10(13(15)20)4-5-11(12)14/h4-5,9,16H,2-3,6-8H2,1H3,(H2,15,20). The van der Waals surface area contributed by atoms with Crippen LogP contribution in [0.3, 0.4) is 0 Å². The molecule has 0 atom stereocenters. The fourth-order valence-corrected chi connectivity index (χ4v) is 3.29. The van der Waals surface area contributed by atoms with E-state index in [0.717, 1.165) is 6.42 Å². The molecule has 1 aromatic carbocycles. The number of hydrogen-bond acceptors (Lipinski definition) is 4. The Hall–Kier alpha value is -0.730. The maximum Gasteiger partial charge on any atom is 0.242 e. The van der Waals surface area contributed by atoms with Crippen LogP contribution in [-0.4, -0.2) is 33.2 Å². The highest BCUT2D eigenvalue weighted by Gasteiger charge is 2.18. The lowest BCUT2D eigenvalue weighted by Gasteiger charge is -2.10. The van der Waals surface area contributed by atoms with Gasteiger partial charge in [-0.3, -0.25) is 0 Å². The first-order chi connectivity index (χ1) is 9.88. The summed E-state index contributed by atoms with van der Waals surface area (Å²) in [4.78, 5) is 0.0972. The Morgan fingerprint density at radius 1 is 1.43 bits per heavy atom. The highest BCUT2D eigenvalue weighted by molar-refractivity contribution is 7.89. The second-order valence-corrected chi connectivity index (χ2v) is 6.96. The van der Waals surface area contributed by atoms with Crippen LogP contribution in [0.4, 0.5) is 0 Å². The molecule has 0 heterocycles. The van der Waals surface area contributed by atoms with Crippen LogP contribution in [-0.2, 0) is 14.8 Å². The fourth-order valence-electron chi connectivity index (χ4n) is 1.57. The number of rotatable bonds is 9. The summed E-state index contributed by atoms with van der Waals surface area (Å²) in [6.45, 7) is 3.48. The van der Waals surface area contributed by atoms with Gasteiger partial charge in [-0.15, -0.1) is 0 Å². The predicted molar refractivity (Wildman–Crippen MR) is 88.3 cm³/mol. The number of halogens is 1. The molecule has 0 amide bonds. The predicted octanol–water partition coefficient (Wildman–Crippen LogP) is 2.07. The normalized spacial score (nSPS) is 11.5. The van der Waals surface area contributed by atoms with Crippen molar-refractivity contribution in [3.05, 3.63) is 28.8 Å². The molecule has 0 aliphatic rings. The molecule has 1 aromatic rings. The minimum atomic E-state index is -3.69. The Labute approximate surface area is 135 Å². The Kier molecular flexibility index (Phi) is 7.55. The summed E-state index contributed by atoms with van der Waals surface area (Å²) >= 11 is 10.8. The van der Waals surface area contributed by atoms with Crippen molar-refractivity contribution >= 4 is 38.8 Å². The molecule has 8 heteroatoms. The third-order valence-electron chi connectivity index (χ3n) is 2.61. The van der Waals surface area contributed by atoms with Crippen molar-refractivity contribution in [3.8, 4) is 0 Å². The minimum absolute atomic E-state index is 0.0241. The van der Waals surface area contributed by atoms with Gasteiger partial charge >= 0.3 is 0 Å². The molecule has 0 fully saturated rings. The Bertz CT molecular complexity index is 591. The molecule has 118 valence electrons. The maximum absolute atomic E-state index is 12.2. The molecule has 0 radical (unpaired) electrons. The van der Waals surface area contributed by atoms with Crippen molar-refractivity contribution in [2.75, 3.05) is 19.8 Å². The molecule has 0 bridgehead atoms. The van der Waals surface area contributed by atoms with E-state index in [2.05, 4.69) is 4.72 Å². The first-order valence-corrected chi connectivity index (χ1v) is 8.82. The van der Waals surface area contributed by atoms with Gasteiger partial charge in [0.25, 0.3) is 0 Å². The first kappa shape index (κ1) is 18.3. The number of benzene rings is 1. The molecule has 0 aliphatic heterocycles. The molecular weight excluding hydrogens is 332 g/mol. The van der Waals surface area contributed by atoms with Crippen molar-refractivity contribution in [3.63, 3.8) is 0 Å². The van der Waals surface area contributed by atoms with E-state index in [0.29, 0.717) is 25.2 Å². The van der Waals surface area contributed by atoms with Crippen LogP contribution < -0.4 is 10.5 Å². The van der Waals surface area contributed by atoms with Gasteiger partial charge in [0, 0.05) is 25.3 Å². The highest BCUT2D eigenvalue weighted by atomic mass is 35.5. The number of hydrogen-bond donors (Lipinski definition) is 2. The van der Waals surface area contributed by atoms with Crippen LogP contribution in [0.25, 0.3) is 0 Å². The lowest BCUT2D eigenvalue weighted by molar-refractivity contribution is 0.133. The number of sulfonamides is 1. The molecule has 3 N–H and O–H groups in total. The third-order valence-corrected chi connectivity index (χ3v) is 4.79. The van der Waals surface area contributed by atoms with E-state index in [1.54, 1.807) is 6.07 Å². The SMILES string of the molecule is CCCOCCCNS(=O)(=O)c1cc(C(N)=S)ccc1Cl. The van der Waals surface area contributed by atoms with E-state index in [1.807, 2.05) is 6.92 Å². The molecule has 0 aliphatic carbocycles. The number of nitrogens with two attached hydrogens (primary N) is 1. The monoisotopic (exact) mass is 350 g/mol. The van der Waals surface area contributed by atoms with Crippen LogP contribution in [0, 0.1) is 0 Å². The lowest BCUT2D eigenvalue weighted by Crippen LogP contribution is -2.26. The molecule has 21 heavy (non-hydrogen) atoms. The van der Waals surface area contributed by atoms with Gasteiger partial charge in [0.05, 0.1) is 5.02 Å². The molecule has 0 saturated heterocycles. The third kappa shape index (κ3) is 5.88. The lowest BCUT2D eigenvalue weighted by atomic mass is 10.2. The first-order valence-electron chi connectivity index (χ1n) is 6.55. The quantitative estimate of drug-likeness (QED) is 0.526. The average Bonchev–Trinajstić information content (AvgIpc) is 2.42. The summed E-state index contributed by atoms with van der Waals surface area (Å²) in [5.74, 6) is 0. The van der Waals surface area contributed by atoms with E-state index in [1.165, 1.54) is 12.1 Å². The number of thiocarbonyl (C=S) groups is 1. The Morgan fingerprint density at radius 2 is 2.14 bits per heavy atom. The van der Waals surface area contributed by atoms with Crippen LogP contribution in [0.5, 0.6) is 0 Å². The summed E-state index contributed by atoms with van der Waals surface area (Å²) in [5, 5.41) is 0.129. The summed E-state index contributed by atoms with van der Waals surface area (Å²) in [6.07, 6.45) is 1.53. The summed E-state index contributed by atoms with van der Waals surface area (Å²) in [7, 11) is -3.69. The second kappa shape index (κ2) is 8.65. The largest absolute Gasteiger partial charge is 0.389 e. The fraction of sp³-hybridized carbons (Fsp3) is 0.462. The van der Waals surface area contributed by atoms with Gasteiger partial charge < -0.3 is 10.5 Å². The summed E-state index contributed by atoms with van der Waals surface area (Å²) in [6, 6.07) is 4.43. The van der Waals surface area contributed by atoms with Crippen LogP contribution in [0.15, 0.2) is 23.1 Å². The summed E-state index contributed by atoms with van der Waals surface area (Å²) in [5.41, 5.74) is 5.96. The van der Waals surface area contributed by atoms with Crippen LogP contribution in [0.2, 0.25) is 5.02 Å². The van der Waals surface area contributed by atoms with Crippen molar-refractivity contribution in [2.45, 2.75) is 24.7 Å². The van der Waals surface area contributed by atoms with Crippen LogP contribution >= 0.6 is 23.8 Å². The topological polar surface area (TPSA) is 81.4 Å². The number of nitrogens with one attached hydrogen (secondary N) is 1. The molecule has 0 saturated carbocycles. The number of ether oxygens (including phenoxy) is 1. The Balaban J connectivity index is 2.70. The second-order valence-electron chi connectivity index (χ2n) is 4.37.